The van der Waals surface area contributed by atoms with Gasteiger partial charge in [-0.1, -0.05) is 0 Å². The maximum absolute atomic E-state index is 5.54. The number of aromatic nitrogens is 2. The van der Waals surface area contributed by atoms with Gasteiger partial charge in [-0.2, -0.15) is 5.10 Å². The highest BCUT2D eigenvalue weighted by atomic mass is 16.5. The first-order chi connectivity index (χ1) is 7.59. The van der Waals surface area contributed by atoms with E-state index in [1.54, 1.807) is 0 Å². The summed E-state index contributed by atoms with van der Waals surface area (Å²) in [5.41, 5.74) is 3.69. The maximum Gasteiger partial charge on any atom is 0.0700 e. The van der Waals surface area contributed by atoms with Gasteiger partial charge in [-0.3, -0.25) is 4.68 Å². The first-order valence-corrected chi connectivity index (χ1v) is 5.93. The first kappa shape index (κ1) is 11.6. The Balaban J connectivity index is 1.99. The smallest absolute Gasteiger partial charge is 0.0700 e. The lowest BCUT2D eigenvalue weighted by Gasteiger charge is -2.16. The van der Waals surface area contributed by atoms with Crippen LogP contribution in [0.4, 0.5) is 0 Å². The average molecular weight is 223 g/mol. The second-order valence-electron chi connectivity index (χ2n) is 4.62. The minimum absolute atomic E-state index is 0.331. The molecule has 1 aliphatic rings. The molecule has 2 rings (SSSR count). The van der Waals surface area contributed by atoms with Gasteiger partial charge in [0, 0.05) is 37.5 Å². The van der Waals surface area contributed by atoms with Crippen molar-refractivity contribution >= 4 is 0 Å². The van der Waals surface area contributed by atoms with Crippen molar-refractivity contribution in [1.29, 1.82) is 0 Å². The molecule has 0 spiro atoms. The Morgan fingerprint density at radius 1 is 1.50 bits per heavy atom. The summed E-state index contributed by atoms with van der Waals surface area (Å²) < 4.78 is 7.48. The summed E-state index contributed by atoms with van der Waals surface area (Å²) in [6.07, 6.45) is 1.44. The van der Waals surface area contributed by atoms with Gasteiger partial charge < -0.3 is 10.1 Å². The topological polar surface area (TPSA) is 39.1 Å². The molecule has 1 N–H and O–H groups in total. The average Bonchev–Trinajstić information content (AvgIpc) is 2.72. The van der Waals surface area contributed by atoms with Crippen molar-refractivity contribution in [3.63, 3.8) is 0 Å². The number of hydrogen-bond acceptors (Lipinski definition) is 3. The zero-order valence-electron chi connectivity index (χ0n) is 10.6. The van der Waals surface area contributed by atoms with Crippen LogP contribution in [0.3, 0.4) is 0 Å². The molecule has 1 saturated heterocycles. The summed E-state index contributed by atoms with van der Waals surface area (Å²) in [5.74, 6) is 0. The van der Waals surface area contributed by atoms with Crippen LogP contribution in [-0.2, 0) is 18.3 Å². The molecule has 0 saturated carbocycles. The highest BCUT2D eigenvalue weighted by Gasteiger charge is 2.24. The number of aryl methyl sites for hydroxylation is 2. The van der Waals surface area contributed by atoms with Crippen LogP contribution in [0.25, 0.3) is 0 Å². The van der Waals surface area contributed by atoms with Gasteiger partial charge in [0.25, 0.3) is 0 Å². The molecule has 1 aromatic rings. The fourth-order valence-corrected chi connectivity index (χ4v) is 2.31. The summed E-state index contributed by atoms with van der Waals surface area (Å²) >= 11 is 0. The molecular formula is C12H21N3O. The molecule has 1 fully saturated rings. The number of nitrogens with one attached hydrogen (secondary N) is 1. The lowest BCUT2D eigenvalue weighted by Crippen LogP contribution is -2.34. The number of ether oxygens (including phenoxy) is 1. The van der Waals surface area contributed by atoms with E-state index in [9.17, 15) is 0 Å². The van der Waals surface area contributed by atoms with Gasteiger partial charge in [0.2, 0.25) is 0 Å². The van der Waals surface area contributed by atoms with E-state index in [2.05, 4.69) is 31.2 Å². The van der Waals surface area contributed by atoms with Crippen LogP contribution in [0.2, 0.25) is 0 Å². The molecule has 16 heavy (non-hydrogen) atoms. The summed E-state index contributed by atoms with van der Waals surface area (Å²) in [6.45, 7) is 8.09. The molecule has 0 aliphatic carbocycles. The molecule has 0 aromatic carbocycles. The summed E-state index contributed by atoms with van der Waals surface area (Å²) in [5, 5.41) is 7.98. The summed E-state index contributed by atoms with van der Waals surface area (Å²) in [6, 6.07) is 0.485. The lowest BCUT2D eigenvalue weighted by atomic mass is 10.1. The Morgan fingerprint density at radius 2 is 2.25 bits per heavy atom. The molecule has 0 radical (unpaired) electrons. The van der Waals surface area contributed by atoms with Gasteiger partial charge in [-0.05, 0) is 27.2 Å². The largest absolute Gasteiger partial charge is 0.377 e. The normalized spacial score (nSPS) is 25.2. The van der Waals surface area contributed by atoms with E-state index >= 15 is 0 Å². The SMILES string of the molecule is Cc1nn(C)c(C)c1CNC1CCOC1C. The molecule has 0 amide bonds. The predicted octanol–water partition coefficient (Wildman–Crippen LogP) is 1.30. The summed E-state index contributed by atoms with van der Waals surface area (Å²) in [7, 11) is 1.99. The van der Waals surface area contributed by atoms with Crippen molar-refractivity contribution in [2.45, 2.75) is 45.9 Å². The lowest BCUT2D eigenvalue weighted by molar-refractivity contribution is 0.113. The minimum Gasteiger partial charge on any atom is -0.377 e. The van der Waals surface area contributed by atoms with Crippen LogP contribution in [0.5, 0.6) is 0 Å². The van der Waals surface area contributed by atoms with Gasteiger partial charge in [-0.25, -0.2) is 0 Å². The van der Waals surface area contributed by atoms with Crippen molar-refractivity contribution in [3.8, 4) is 0 Å². The third kappa shape index (κ3) is 2.13. The van der Waals surface area contributed by atoms with Crippen LogP contribution in [0.15, 0.2) is 0 Å². The molecule has 4 nitrogen and oxygen atoms in total. The number of rotatable bonds is 3. The van der Waals surface area contributed by atoms with Crippen molar-refractivity contribution in [1.82, 2.24) is 15.1 Å². The molecule has 1 aromatic heterocycles. The molecule has 2 unspecified atom stereocenters. The molecule has 90 valence electrons. The van der Waals surface area contributed by atoms with Crippen molar-refractivity contribution in [2.24, 2.45) is 7.05 Å². The van der Waals surface area contributed by atoms with Crippen molar-refractivity contribution in [3.05, 3.63) is 17.0 Å². The predicted molar refractivity (Wildman–Crippen MR) is 63.3 cm³/mol. The standard InChI is InChI=1S/C12H21N3O/c1-8-11(9(2)15(4)14-8)7-13-12-5-6-16-10(12)3/h10,12-13H,5-7H2,1-4H3. The molecule has 2 heterocycles. The van der Waals surface area contributed by atoms with Gasteiger partial charge in [-0.15, -0.1) is 0 Å². The zero-order valence-corrected chi connectivity index (χ0v) is 10.6. The summed E-state index contributed by atoms with van der Waals surface area (Å²) in [4.78, 5) is 0. The zero-order chi connectivity index (χ0) is 11.7. The highest BCUT2D eigenvalue weighted by Crippen LogP contribution is 2.16. The van der Waals surface area contributed by atoms with E-state index in [0.29, 0.717) is 12.1 Å². The monoisotopic (exact) mass is 223 g/mol. The molecule has 0 bridgehead atoms. The Bertz CT molecular complexity index is 373. The molecule has 2 atom stereocenters. The van der Waals surface area contributed by atoms with Gasteiger partial charge in [0.15, 0.2) is 0 Å². The van der Waals surface area contributed by atoms with E-state index in [4.69, 9.17) is 4.74 Å². The molecule has 1 aliphatic heterocycles. The van der Waals surface area contributed by atoms with E-state index in [1.165, 1.54) is 11.3 Å². The minimum atomic E-state index is 0.331. The number of nitrogens with zero attached hydrogens (tertiary/aromatic N) is 2. The van der Waals surface area contributed by atoms with Crippen molar-refractivity contribution in [2.75, 3.05) is 6.61 Å². The van der Waals surface area contributed by atoms with E-state index in [0.717, 1.165) is 25.3 Å². The maximum atomic E-state index is 5.54. The van der Waals surface area contributed by atoms with Gasteiger partial charge >= 0.3 is 0 Å². The highest BCUT2D eigenvalue weighted by molar-refractivity contribution is 5.24. The van der Waals surface area contributed by atoms with E-state index in [-0.39, 0.29) is 0 Å². The van der Waals surface area contributed by atoms with Crippen molar-refractivity contribution < 1.29 is 4.74 Å². The number of hydrogen-bond donors (Lipinski definition) is 1. The van der Waals surface area contributed by atoms with Crippen LogP contribution in [-0.4, -0.2) is 28.5 Å². The van der Waals surface area contributed by atoms with Gasteiger partial charge in [0.05, 0.1) is 11.8 Å². The second-order valence-corrected chi connectivity index (χ2v) is 4.62. The first-order valence-electron chi connectivity index (χ1n) is 5.93. The third-order valence-corrected chi connectivity index (χ3v) is 3.58. The van der Waals surface area contributed by atoms with E-state index in [1.807, 2.05) is 11.7 Å². The third-order valence-electron chi connectivity index (χ3n) is 3.58. The van der Waals surface area contributed by atoms with Crippen LogP contribution in [0.1, 0.15) is 30.3 Å². The quantitative estimate of drug-likeness (QED) is 0.839. The van der Waals surface area contributed by atoms with Crippen LogP contribution in [0, 0.1) is 13.8 Å². The second kappa shape index (κ2) is 4.55. The molecule has 4 heteroatoms. The Hall–Kier alpha value is -0.870. The van der Waals surface area contributed by atoms with Gasteiger partial charge in [0.1, 0.15) is 0 Å². The molecular weight excluding hydrogens is 202 g/mol. The Labute approximate surface area is 97.0 Å². The van der Waals surface area contributed by atoms with Crippen LogP contribution >= 0.6 is 0 Å². The fraction of sp³-hybridized carbons (Fsp3) is 0.750. The fourth-order valence-electron chi connectivity index (χ4n) is 2.31. The van der Waals surface area contributed by atoms with Crippen LogP contribution < -0.4 is 5.32 Å². The van der Waals surface area contributed by atoms with E-state index < -0.39 is 0 Å². The Kier molecular flexibility index (Phi) is 3.30. The Morgan fingerprint density at radius 3 is 2.75 bits per heavy atom.